The van der Waals surface area contributed by atoms with Gasteiger partial charge in [0.1, 0.15) is 36.4 Å². The molecule has 0 aromatic carbocycles. The molecule has 3 N–H and O–H groups in total. The summed E-state index contributed by atoms with van der Waals surface area (Å²) in [7, 11) is 3.06. The lowest BCUT2D eigenvalue weighted by molar-refractivity contribution is -0.302. The maximum absolute atomic E-state index is 14.4. The summed E-state index contributed by atoms with van der Waals surface area (Å²) in [6.45, 7) is 11.5. The molecule has 1 aromatic rings. The molecule has 5 rings (SSSR count). The van der Waals surface area contributed by atoms with Crippen LogP contribution in [0.25, 0.3) is 0 Å². The van der Waals surface area contributed by atoms with Gasteiger partial charge in [0.25, 0.3) is 11.7 Å². The molecule has 1 saturated carbocycles. The third kappa shape index (κ3) is 11.9. The number of methoxy groups -OCH3 is 2. The van der Waals surface area contributed by atoms with Gasteiger partial charge in [-0.3, -0.25) is 14.4 Å². The van der Waals surface area contributed by atoms with Gasteiger partial charge in [0.05, 0.1) is 36.8 Å². The van der Waals surface area contributed by atoms with Gasteiger partial charge in [-0.15, -0.1) is 0 Å². The molecule has 2 saturated heterocycles. The van der Waals surface area contributed by atoms with E-state index >= 15 is 0 Å². The molecule has 4 heterocycles. The van der Waals surface area contributed by atoms with Crippen LogP contribution >= 0.6 is 0 Å². The first-order valence-electron chi connectivity index (χ1n) is 22.4. The average molecular weight is 858 g/mol. The average Bonchev–Trinajstić information content (AvgIpc) is 3.77. The van der Waals surface area contributed by atoms with Crippen LogP contribution < -0.4 is 0 Å². The highest BCUT2D eigenvalue weighted by Crippen LogP contribution is 2.39. The second-order valence-electron chi connectivity index (χ2n) is 18.3. The van der Waals surface area contributed by atoms with Crippen molar-refractivity contribution in [3.63, 3.8) is 0 Å². The smallest absolute Gasteiger partial charge is 0.329 e. The van der Waals surface area contributed by atoms with Crippen LogP contribution in [0.5, 0.6) is 0 Å². The fourth-order valence-electron chi connectivity index (χ4n) is 9.92. The van der Waals surface area contributed by atoms with Gasteiger partial charge in [-0.05, 0) is 108 Å². The molecule has 4 aliphatic rings. The number of ether oxygens (including phenoxy) is 5. The van der Waals surface area contributed by atoms with Crippen LogP contribution in [0, 0.1) is 29.6 Å². The Balaban J connectivity index is 1.47. The molecule has 1 aromatic heterocycles. The molecule has 342 valence electrons. The largest absolute Gasteiger partial charge is 0.467 e. The number of hydrogen-bond donors (Lipinski definition) is 3. The van der Waals surface area contributed by atoms with Crippen molar-refractivity contribution in [2.24, 2.45) is 29.6 Å². The molecule has 3 fully saturated rings. The summed E-state index contributed by atoms with van der Waals surface area (Å²) < 4.78 is 35.6. The van der Waals surface area contributed by atoms with Gasteiger partial charge in [-0.25, -0.2) is 4.79 Å². The van der Waals surface area contributed by atoms with E-state index in [2.05, 4.69) is 0 Å². The Morgan fingerprint density at radius 1 is 0.951 bits per heavy atom. The van der Waals surface area contributed by atoms with Gasteiger partial charge in [0, 0.05) is 44.9 Å². The molecule has 3 aliphatic heterocycles. The Morgan fingerprint density at radius 3 is 2.33 bits per heavy atom. The summed E-state index contributed by atoms with van der Waals surface area (Å²) in [5.41, 5.74) is 1.62. The summed E-state index contributed by atoms with van der Waals surface area (Å²) in [5.74, 6) is -7.06. The Hall–Kier alpha value is -3.24. The number of amides is 1. The number of Topliss-reactive ketones (excluding diaryl/α,β-unsaturated/α-hetero) is 2. The van der Waals surface area contributed by atoms with E-state index in [4.69, 9.17) is 28.1 Å². The van der Waals surface area contributed by atoms with E-state index in [1.807, 2.05) is 39.0 Å². The van der Waals surface area contributed by atoms with Gasteiger partial charge in [0.15, 0.2) is 0 Å². The summed E-state index contributed by atoms with van der Waals surface area (Å²) in [6.07, 6.45) is 4.74. The highest BCUT2D eigenvalue weighted by Gasteiger charge is 2.56. The summed E-state index contributed by atoms with van der Waals surface area (Å²) in [4.78, 5) is 58.0. The molecular weight excluding hydrogens is 787 g/mol. The number of carbonyl (C=O) groups is 4. The van der Waals surface area contributed by atoms with Crippen LogP contribution in [0.1, 0.15) is 118 Å². The molecule has 61 heavy (non-hydrogen) atoms. The molecule has 0 spiro atoms. The zero-order valence-electron chi connectivity index (χ0n) is 37.5. The Kier molecular flexibility index (Phi) is 17.5. The zero-order chi connectivity index (χ0) is 44.6. The van der Waals surface area contributed by atoms with Crippen molar-refractivity contribution in [2.45, 2.75) is 173 Å². The third-order valence-electron chi connectivity index (χ3n) is 13.6. The molecule has 1 aliphatic carbocycles. The molecule has 0 radical (unpaired) electrons. The highest BCUT2D eigenvalue weighted by molar-refractivity contribution is 6.39. The van der Waals surface area contributed by atoms with Crippen molar-refractivity contribution in [2.75, 3.05) is 20.8 Å². The third-order valence-corrected chi connectivity index (χ3v) is 13.6. The van der Waals surface area contributed by atoms with Gasteiger partial charge >= 0.3 is 5.97 Å². The minimum atomic E-state index is -2.51. The lowest BCUT2D eigenvalue weighted by atomic mass is 9.81. The second-order valence-corrected chi connectivity index (χ2v) is 18.3. The Bertz CT molecular complexity index is 1690. The van der Waals surface area contributed by atoms with Crippen molar-refractivity contribution < 1.29 is 62.6 Å². The zero-order valence-corrected chi connectivity index (χ0v) is 37.5. The first-order chi connectivity index (χ1) is 29.0. The molecule has 14 atom stereocenters. The lowest BCUT2D eigenvalue weighted by Gasteiger charge is -2.47. The molecule has 14 nitrogen and oxygen atoms in total. The maximum atomic E-state index is 14.4. The Morgan fingerprint density at radius 2 is 1.67 bits per heavy atom. The molecular formula is C47H71NO13. The molecule has 1 amide bonds. The van der Waals surface area contributed by atoms with Gasteiger partial charge in [-0.1, -0.05) is 45.4 Å². The summed E-state index contributed by atoms with van der Waals surface area (Å²) in [5, 5.41) is 34.9. The fourth-order valence-corrected chi connectivity index (χ4v) is 9.92. The van der Waals surface area contributed by atoms with Crippen LogP contribution in [0.15, 0.2) is 46.1 Å². The predicted octanol–water partition coefficient (Wildman–Crippen LogP) is 5.64. The number of piperidine rings is 1. The number of fused-ring (bicyclic) bond motifs is 3. The number of esters is 1. The van der Waals surface area contributed by atoms with Gasteiger partial charge in [0.2, 0.25) is 5.79 Å². The van der Waals surface area contributed by atoms with Crippen molar-refractivity contribution in [3.05, 3.63) is 47.5 Å². The van der Waals surface area contributed by atoms with Crippen LogP contribution in [0.2, 0.25) is 0 Å². The number of furan rings is 1. The van der Waals surface area contributed by atoms with E-state index in [-0.39, 0.29) is 56.1 Å². The number of aliphatic hydroxyl groups is 3. The number of nitrogens with zero attached hydrogens (tertiary/aromatic N) is 1. The van der Waals surface area contributed by atoms with E-state index in [1.54, 1.807) is 33.1 Å². The number of rotatable bonds is 8. The lowest BCUT2D eigenvalue weighted by Crippen LogP contribution is -2.64. The predicted molar refractivity (Wildman–Crippen MR) is 225 cm³/mol. The van der Waals surface area contributed by atoms with Crippen LogP contribution in [0.4, 0.5) is 0 Å². The summed E-state index contributed by atoms with van der Waals surface area (Å²) in [6, 6.07) is 2.44. The van der Waals surface area contributed by atoms with Crippen molar-refractivity contribution >= 4 is 23.4 Å². The minimum absolute atomic E-state index is 0.0256. The summed E-state index contributed by atoms with van der Waals surface area (Å²) >= 11 is 0. The normalized spacial score (nSPS) is 39.1. The number of ketones is 2. The first-order valence-corrected chi connectivity index (χ1v) is 22.4. The number of hydrogen-bond acceptors (Lipinski definition) is 13. The Labute approximate surface area is 361 Å². The van der Waals surface area contributed by atoms with Crippen LogP contribution in [-0.4, -0.2) is 119 Å². The monoisotopic (exact) mass is 857 g/mol. The minimum Gasteiger partial charge on any atom is -0.467 e. The SMILES string of the molecule is CC[C@@H]1/C=C(\C)C[C@H](C)C[C@H](OC)[C@H]2OC(O)(C(=O)C(=O)N3CCCC[C@H]3C(=O)O[C@H](/C(C)=C/[C@@H]3CC[C@@H](OCc4ccco4)[C@H](O)C3)[C@H](C)[C@@H](O)CC1=O)[C@@H](C)C[C@@H]2OC. The molecule has 14 heteroatoms. The number of aliphatic hydroxyl groups excluding tert-OH is 2. The van der Waals surface area contributed by atoms with Crippen LogP contribution in [-0.2, 0) is 49.5 Å². The van der Waals surface area contributed by atoms with Crippen molar-refractivity contribution in [3.8, 4) is 0 Å². The van der Waals surface area contributed by atoms with E-state index in [1.165, 1.54) is 19.1 Å². The quantitative estimate of drug-likeness (QED) is 0.166. The van der Waals surface area contributed by atoms with E-state index in [0.29, 0.717) is 62.7 Å². The van der Waals surface area contributed by atoms with Crippen molar-refractivity contribution in [1.82, 2.24) is 4.90 Å². The van der Waals surface area contributed by atoms with Crippen LogP contribution in [0.3, 0.4) is 0 Å². The topological polar surface area (TPSA) is 191 Å². The van der Waals surface area contributed by atoms with Crippen molar-refractivity contribution in [1.29, 1.82) is 0 Å². The highest BCUT2D eigenvalue weighted by atomic mass is 16.7. The molecule has 1 unspecified atom stereocenters. The fraction of sp³-hybridized carbons (Fsp3) is 0.745. The maximum Gasteiger partial charge on any atom is 0.329 e. The number of carbonyl (C=O) groups excluding carboxylic acids is 4. The second kappa shape index (κ2) is 21.9. The van der Waals surface area contributed by atoms with E-state index in [0.717, 1.165) is 5.57 Å². The van der Waals surface area contributed by atoms with E-state index in [9.17, 15) is 34.5 Å². The molecule has 2 bridgehead atoms. The standard InChI is InChI=1S/C47H71NO13/c1-9-33-20-27(2)19-28(3)21-40(56-7)43-41(57-8)23-30(5)47(55,61-43)44(52)45(53)48-17-11-10-14-35(48)46(54)60-42(31(6)36(49)25-37(33)50)29(4)22-32-15-16-39(38(51)24-32)59-26-34-13-12-18-58-34/h12-13,18,20,22,28,30-33,35-36,38-43,49,51,55H,9-11,14-17,19,21,23-26H2,1-8H3/b27-20+,29-22+/t28-,30-,31+,32-,33+,35-,36-,38+,39+,40-,41-,42+,43+,47?/m0/s1. The van der Waals surface area contributed by atoms with Gasteiger partial charge in [-0.2, -0.15) is 0 Å². The van der Waals surface area contributed by atoms with Gasteiger partial charge < -0.3 is 48.3 Å². The first kappa shape index (κ1) is 48.8. The number of cyclic esters (lactones) is 1. The number of allylic oxidation sites excluding steroid dienone is 3. The van der Waals surface area contributed by atoms with E-state index < -0.39 is 83.9 Å².